The molecule has 0 aliphatic heterocycles. The van der Waals surface area contributed by atoms with E-state index in [9.17, 15) is 4.79 Å². The highest BCUT2D eigenvalue weighted by Crippen LogP contribution is 2.44. The molecule has 0 atom stereocenters. The van der Waals surface area contributed by atoms with Crippen LogP contribution < -0.4 is 10.1 Å². The molecule has 4 rings (SSSR count). The minimum atomic E-state index is -0.462. The monoisotopic (exact) mass is 411 g/mol. The molecule has 31 heavy (non-hydrogen) atoms. The molecule has 1 aliphatic rings. The van der Waals surface area contributed by atoms with Crippen LogP contribution in [0, 0.1) is 11.8 Å². The van der Waals surface area contributed by atoms with Crippen LogP contribution in [0.5, 0.6) is 5.75 Å². The summed E-state index contributed by atoms with van der Waals surface area (Å²) in [5.41, 5.74) is 5.66. The Morgan fingerprint density at radius 3 is 2.39 bits per heavy atom. The fourth-order valence-electron chi connectivity index (χ4n) is 3.80. The third-order valence-corrected chi connectivity index (χ3v) is 5.20. The van der Waals surface area contributed by atoms with E-state index in [1.807, 2.05) is 48.5 Å². The molecule has 0 bridgehead atoms. The second kappa shape index (κ2) is 9.86. The number of amides is 1. The lowest BCUT2D eigenvalue weighted by Crippen LogP contribution is -2.26. The number of hydrogen-bond donors (Lipinski definition) is 1. The maximum Gasteiger partial charge on any atom is 0.407 e. The van der Waals surface area contributed by atoms with E-state index in [-0.39, 0.29) is 12.5 Å². The van der Waals surface area contributed by atoms with Gasteiger partial charge in [-0.05, 0) is 46.9 Å². The normalized spacial score (nSPS) is 11.6. The number of alkyl carbamates (subject to hydrolysis) is 1. The highest BCUT2D eigenvalue weighted by atomic mass is 16.5. The average Bonchev–Trinajstić information content (AvgIpc) is 3.13. The van der Waals surface area contributed by atoms with Gasteiger partial charge in [-0.2, -0.15) is 0 Å². The zero-order valence-corrected chi connectivity index (χ0v) is 17.6. The summed E-state index contributed by atoms with van der Waals surface area (Å²) in [5, 5.41) is 2.71. The first-order valence-corrected chi connectivity index (χ1v) is 10.6. The Kier molecular flexibility index (Phi) is 6.54. The van der Waals surface area contributed by atoms with Crippen molar-refractivity contribution < 1.29 is 14.3 Å². The largest absolute Gasteiger partial charge is 0.494 e. The Morgan fingerprint density at radius 1 is 0.968 bits per heavy atom. The minimum absolute atomic E-state index is 0.0510. The van der Waals surface area contributed by atoms with Crippen LogP contribution in [-0.4, -0.2) is 25.9 Å². The molecular formula is C27H25NO3. The number of carbonyl (C=O) groups excluding carboxylic acids is 1. The van der Waals surface area contributed by atoms with Gasteiger partial charge in [0.1, 0.15) is 12.4 Å². The predicted molar refractivity (Wildman–Crippen MR) is 122 cm³/mol. The predicted octanol–water partition coefficient (Wildman–Crippen LogP) is 5.37. The van der Waals surface area contributed by atoms with Gasteiger partial charge < -0.3 is 14.8 Å². The number of carbonyl (C=O) groups is 1. The smallest absolute Gasteiger partial charge is 0.407 e. The first-order valence-electron chi connectivity index (χ1n) is 10.6. The number of fused-ring (bicyclic) bond motifs is 3. The van der Waals surface area contributed by atoms with Crippen LogP contribution >= 0.6 is 0 Å². The number of nitrogens with one attached hydrogen (secondary N) is 1. The maximum atomic E-state index is 12.2. The molecule has 1 aliphatic carbocycles. The SMILES string of the molecule is CCCOc1cccc(C#CCNC(=O)OCC2c3ccccc3-c3ccccc32)c1. The van der Waals surface area contributed by atoms with E-state index in [0.29, 0.717) is 13.2 Å². The average molecular weight is 412 g/mol. The number of benzene rings is 3. The van der Waals surface area contributed by atoms with Crippen LogP contribution in [0.2, 0.25) is 0 Å². The fraction of sp³-hybridized carbons (Fsp3) is 0.222. The van der Waals surface area contributed by atoms with E-state index < -0.39 is 6.09 Å². The van der Waals surface area contributed by atoms with Crippen molar-refractivity contribution in [2.24, 2.45) is 0 Å². The molecule has 0 heterocycles. The molecule has 0 saturated heterocycles. The van der Waals surface area contributed by atoms with Crippen molar-refractivity contribution in [1.82, 2.24) is 5.32 Å². The summed E-state index contributed by atoms with van der Waals surface area (Å²) in [6.45, 7) is 3.26. The van der Waals surface area contributed by atoms with Gasteiger partial charge in [-0.1, -0.05) is 73.4 Å². The van der Waals surface area contributed by atoms with Crippen LogP contribution in [0.15, 0.2) is 72.8 Å². The van der Waals surface area contributed by atoms with E-state index in [2.05, 4.69) is 48.3 Å². The van der Waals surface area contributed by atoms with Gasteiger partial charge in [-0.25, -0.2) is 4.79 Å². The van der Waals surface area contributed by atoms with Crippen molar-refractivity contribution in [3.8, 4) is 28.7 Å². The van der Waals surface area contributed by atoms with Crippen LogP contribution in [0.1, 0.15) is 36.0 Å². The van der Waals surface area contributed by atoms with Crippen molar-refractivity contribution in [2.75, 3.05) is 19.8 Å². The molecule has 0 unspecified atom stereocenters. The van der Waals surface area contributed by atoms with Gasteiger partial charge in [0, 0.05) is 11.5 Å². The molecule has 3 aromatic rings. The topological polar surface area (TPSA) is 47.6 Å². The molecule has 0 aromatic heterocycles. The van der Waals surface area contributed by atoms with Gasteiger partial charge >= 0.3 is 6.09 Å². The first-order chi connectivity index (χ1) is 15.3. The van der Waals surface area contributed by atoms with E-state index in [1.54, 1.807) is 0 Å². The molecule has 1 amide bonds. The molecule has 1 N–H and O–H groups in total. The quantitative estimate of drug-likeness (QED) is 0.555. The zero-order chi connectivity index (χ0) is 21.5. The lowest BCUT2D eigenvalue weighted by atomic mass is 9.98. The van der Waals surface area contributed by atoms with Gasteiger partial charge in [-0.15, -0.1) is 0 Å². The Morgan fingerprint density at radius 2 is 1.68 bits per heavy atom. The summed E-state index contributed by atoms with van der Waals surface area (Å²) in [6, 6.07) is 24.2. The second-order valence-corrected chi connectivity index (χ2v) is 7.36. The standard InChI is InChI=1S/C27H25NO3/c1-2-17-30-21-11-7-9-20(18-21)10-8-16-28-27(29)31-19-26-24-14-5-3-12-22(24)23-13-4-6-15-25(23)26/h3-7,9,11-15,18,26H,2,16-17,19H2,1H3,(H,28,29). The third kappa shape index (κ3) is 4.90. The Balaban J connectivity index is 1.31. The summed E-state index contributed by atoms with van der Waals surface area (Å²) < 4.78 is 11.1. The third-order valence-electron chi connectivity index (χ3n) is 5.20. The Labute approximate surface area is 183 Å². The van der Waals surface area contributed by atoms with E-state index >= 15 is 0 Å². The molecular weight excluding hydrogens is 386 g/mol. The molecule has 156 valence electrons. The highest BCUT2D eigenvalue weighted by Gasteiger charge is 2.28. The van der Waals surface area contributed by atoms with Crippen molar-refractivity contribution in [3.05, 3.63) is 89.5 Å². The van der Waals surface area contributed by atoms with Crippen molar-refractivity contribution >= 4 is 6.09 Å². The van der Waals surface area contributed by atoms with Crippen LogP contribution in [0.4, 0.5) is 4.79 Å². The van der Waals surface area contributed by atoms with Gasteiger partial charge in [-0.3, -0.25) is 0 Å². The van der Waals surface area contributed by atoms with Crippen molar-refractivity contribution in [3.63, 3.8) is 0 Å². The molecule has 3 aromatic carbocycles. The van der Waals surface area contributed by atoms with Gasteiger partial charge in [0.05, 0.1) is 13.2 Å². The van der Waals surface area contributed by atoms with Crippen molar-refractivity contribution in [2.45, 2.75) is 19.3 Å². The lowest BCUT2D eigenvalue weighted by Gasteiger charge is -2.14. The highest BCUT2D eigenvalue weighted by molar-refractivity contribution is 5.79. The van der Waals surface area contributed by atoms with E-state index in [4.69, 9.17) is 9.47 Å². The molecule has 4 heteroatoms. The molecule has 0 saturated carbocycles. The van der Waals surface area contributed by atoms with Gasteiger partial charge in [0.25, 0.3) is 0 Å². The zero-order valence-electron chi connectivity index (χ0n) is 17.6. The van der Waals surface area contributed by atoms with Gasteiger partial charge in [0.2, 0.25) is 0 Å². The van der Waals surface area contributed by atoms with E-state index in [1.165, 1.54) is 22.3 Å². The summed E-state index contributed by atoms with van der Waals surface area (Å²) in [5.74, 6) is 6.85. The second-order valence-electron chi connectivity index (χ2n) is 7.36. The summed E-state index contributed by atoms with van der Waals surface area (Å²) >= 11 is 0. The number of rotatable bonds is 6. The summed E-state index contributed by atoms with van der Waals surface area (Å²) in [7, 11) is 0. The Bertz CT molecular complexity index is 1080. The van der Waals surface area contributed by atoms with Crippen LogP contribution in [0.3, 0.4) is 0 Å². The number of hydrogen-bond acceptors (Lipinski definition) is 3. The molecule has 0 spiro atoms. The molecule has 0 fully saturated rings. The molecule has 0 radical (unpaired) electrons. The summed E-state index contributed by atoms with van der Waals surface area (Å²) in [6.07, 6.45) is 0.496. The van der Waals surface area contributed by atoms with Crippen LogP contribution in [-0.2, 0) is 4.74 Å². The number of ether oxygens (including phenoxy) is 2. The van der Waals surface area contributed by atoms with Crippen molar-refractivity contribution in [1.29, 1.82) is 0 Å². The first kappa shape index (κ1) is 20.6. The minimum Gasteiger partial charge on any atom is -0.494 e. The molecule has 4 nitrogen and oxygen atoms in total. The van der Waals surface area contributed by atoms with E-state index in [0.717, 1.165) is 17.7 Å². The fourth-order valence-corrected chi connectivity index (χ4v) is 3.80. The van der Waals surface area contributed by atoms with Crippen LogP contribution in [0.25, 0.3) is 11.1 Å². The lowest BCUT2D eigenvalue weighted by molar-refractivity contribution is 0.144. The Hall–Kier alpha value is -3.71. The summed E-state index contributed by atoms with van der Waals surface area (Å²) in [4.78, 5) is 12.2. The van der Waals surface area contributed by atoms with Gasteiger partial charge in [0.15, 0.2) is 0 Å². The maximum absolute atomic E-state index is 12.2.